The smallest absolute Gasteiger partial charge is 0.282 e. The Morgan fingerprint density at radius 1 is 1.50 bits per heavy atom. The average Bonchev–Trinajstić information content (AvgIpc) is 3.09. The Morgan fingerprint density at radius 2 is 2.35 bits per heavy atom. The van der Waals surface area contributed by atoms with Gasteiger partial charge in [-0.3, -0.25) is 4.40 Å². The Labute approximate surface area is 124 Å². The van der Waals surface area contributed by atoms with Gasteiger partial charge in [-0.05, 0) is 18.2 Å². The van der Waals surface area contributed by atoms with Crippen molar-refractivity contribution in [3.8, 4) is 0 Å². The van der Waals surface area contributed by atoms with Crippen molar-refractivity contribution < 1.29 is 4.42 Å². The lowest BCUT2D eigenvalue weighted by Crippen LogP contribution is -2.22. The van der Waals surface area contributed by atoms with Crippen LogP contribution in [0.2, 0.25) is 0 Å². The molecule has 8 heteroatoms. The van der Waals surface area contributed by atoms with E-state index < -0.39 is 0 Å². The molecular weight excluding hydrogens is 294 g/mol. The minimum absolute atomic E-state index is 0.124. The van der Waals surface area contributed by atoms with Gasteiger partial charge in [-0.1, -0.05) is 6.92 Å². The Hall–Kier alpha value is -1.38. The summed E-state index contributed by atoms with van der Waals surface area (Å²) >= 11 is 3.00. The Morgan fingerprint density at radius 3 is 3.05 bits per heavy atom. The maximum absolute atomic E-state index is 6.09. The summed E-state index contributed by atoms with van der Waals surface area (Å²) in [5.41, 5.74) is 7.20. The molecule has 1 atom stereocenters. The zero-order valence-electron chi connectivity index (χ0n) is 11.2. The molecule has 0 aromatic carbocycles. The monoisotopic (exact) mass is 309 g/mol. The highest BCUT2D eigenvalue weighted by atomic mass is 32.2. The second kappa shape index (κ2) is 5.55. The summed E-state index contributed by atoms with van der Waals surface area (Å²) in [6, 6.07) is 0.124. The second-order valence-corrected chi connectivity index (χ2v) is 6.29. The van der Waals surface area contributed by atoms with Gasteiger partial charge in [0.15, 0.2) is 4.96 Å². The van der Waals surface area contributed by atoms with Crippen molar-refractivity contribution in [2.75, 3.05) is 0 Å². The predicted octanol–water partition coefficient (Wildman–Crippen LogP) is 2.52. The van der Waals surface area contributed by atoms with Gasteiger partial charge in [0.25, 0.3) is 5.22 Å². The average molecular weight is 309 g/mol. The van der Waals surface area contributed by atoms with E-state index in [-0.39, 0.29) is 6.04 Å². The predicted molar refractivity (Wildman–Crippen MR) is 78.2 cm³/mol. The first-order chi connectivity index (χ1) is 9.67. The number of thiazole rings is 1. The molecule has 0 bridgehead atoms. The maximum Gasteiger partial charge on any atom is 0.282 e. The molecule has 0 fully saturated rings. The van der Waals surface area contributed by atoms with Gasteiger partial charge in [0.1, 0.15) is 5.03 Å². The van der Waals surface area contributed by atoms with Crippen molar-refractivity contribution in [2.24, 2.45) is 5.73 Å². The molecule has 2 N–H and O–H groups in total. The van der Waals surface area contributed by atoms with Crippen LogP contribution in [0.4, 0.5) is 0 Å². The summed E-state index contributed by atoms with van der Waals surface area (Å²) in [6.07, 6.45) is 3.73. The van der Waals surface area contributed by atoms with Gasteiger partial charge in [0.05, 0.1) is 5.69 Å². The molecule has 0 aliphatic heterocycles. The molecule has 0 aliphatic rings. The Kier molecular flexibility index (Phi) is 3.77. The highest BCUT2D eigenvalue weighted by Gasteiger charge is 2.18. The van der Waals surface area contributed by atoms with E-state index in [0.29, 0.717) is 11.1 Å². The van der Waals surface area contributed by atoms with E-state index in [2.05, 4.69) is 26.5 Å². The molecule has 20 heavy (non-hydrogen) atoms. The number of hydrogen-bond acceptors (Lipinski definition) is 7. The molecule has 3 rings (SSSR count). The number of rotatable bonds is 5. The molecule has 3 heterocycles. The molecule has 6 nitrogen and oxygen atoms in total. The van der Waals surface area contributed by atoms with E-state index in [1.165, 1.54) is 11.8 Å². The standard InChI is InChI=1S/C12H15N5OS2/c1-3-8(13)6-9-10(14-11-17(9)4-5-19-11)20-12-16-15-7(2)18-12/h4-5,8H,3,6,13H2,1-2H3. The Bertz CT molecular complexity index is 716. The van der Waals surface area contributed by atoms with Crippen molar-refractivity contribution >= 4 is 28.1 Å². The van der Waals surface area contributed by atoms with Crippen LogP contribution in [0.3, 0.4) is 0 Å². The number of hydrogen-bond donors (Lipinski definition) is 1. The first-order valence-corrected chi connectivity index (χ1v) is 8.05. The lowest BCUT2D eigenvalue weighted by Gasteiger charge is -2.08. The number of fused-ring (bicyclic) bond motifs is 1. The molecular formula is C12H15N5OS2. The van der Waals surface area contributed by atoms with Gasteiger partial charge in [-0.15, -0.1) is 21.5 Å². The molecule has 0 spiro atoms. The number of nitrogens with two attached hydrogens (primary N) is 1. The zero-order chi connectivity index (χ0) is 14.1. The van der Waals surface area contributed by atoms with E-state index in [1.807, 2.05) is 11.6 Å². The van der Waals surface area contributed by atoms with Crippen LogP contribution in [0, 0.1) is 6.92 Å². The summed E-state index contributed by atoms with van der Waals surface area (Å²) in [7, 11) is 0. The second-order valence-electron chi connectivity index (χ2n) is 4.48. The Balaban J connectivity index is 1.96. The number of aromatic nitrogens is 4. The molecule has 106 valence electrons. The minimum atomic E-state index is 0.124. The van der Waals surface area contributed by atoms with Gasteiger partial charge in [-0.2, -0.15) is 0 Å². The van der Waals surface area contributed by atoms with Crippen LogP contribution < -0.4 is 5.73 Å². The van der Waals surface area contributed by atoms with Crippen molar-refractivity contribution in [1.29, 1.82) is 0 Å². The van der Waals surface area contributed by atoms with Crippen LogP contribution >= 0.6 is 23.1 Å². The van der Waals surface area contributed by atoms with Crippen LogP contribution in [0.5, 0.6) is 0 Å². The van der Waals surface area contributed by atoms with Gasteiger partial charge in [0.2, 0.25) is 5.89 Å². The van der Waals surface area contributed by atoms with Gasteiger partial charge in [-0.25, -0.2) is 4.98 Å². The van der Waals surface area contributed by atoms with E-state index in [9.17, 15) is 0 Å². The summed E-state index contributed by atoms with van der Waals surface area (Å²) < 4.78 is 7.50. The fourth-order valence-electron chi connectivity index (χ4n) is 1.88. The first-order valence-electron chi connectivity index (χ1n) is 6.35. The summed E-state index contributed by atoms with van der Waals surface area (Å²) in [6.45, 7) is 3.86. The van der Waals surface area contributed by atoms with Gasteiger partial charge >= 0.3 is 0 Å². The van der Waals surface area contributed by atoms with Crippen LogP contribution in [0.1, 0.15) is 24.9 Å². The fraction of sp³-hybridized carbons (Fsp3) is 0.417. The van der Waals surface area contributed by atoms with Crippen molar-refractivity contribution in [3.05, 3.63) is 23.2 Å². The molecule has 3 aromatic heterocycles. The summed E-state index contributed by atoms with van der Waals surface area (Å²) in [4.78, 5) is 5.59. The summed E-state index contributed by atoms with van der Waals surface area (Å²) in [5, 5.41) is 11.3. The number of aryl methyl sites for hydroxylation is 1. The largest absolute Gasteiger partial charge is 0.416 e. The van der Waals surface area contributed by atoms with Crippen LogP contribution in [0.15, 0.2) is 26.2 Å². The topological polar surface area (TPSA) is 82.2 Å². The molecule has 3 aromatic rings. The highest BCUT2D eigenvalue weighted by molar-refractivity contribution is 7.99. The third-order valence-electron chi connectivity index (χ3n) is 3.00. The van der Waals surface area contributed by atoms with Gasteiger partial charge in [0, 0.05) is 31.0 Å². The van der Waals surface area contributed by atoms with Gasteiger partial charge < -0.3 is 10.2 Å². The molecule has 0 saturated heterocycles. The molecule has 0 amide bonds. The first kappa shape index (κ1) is 13.6. The molecule has 0 saturated carbocycles. The zero-order valence-corrected chi connectivity index (χ0v) is 12.9. The lowest BCUT2D eigenvalue weighted by atomic mass is 10.1. The molecule has 0 radical (unpaired) electrons. The fourth-order valence-corrected chi connectivity index (χ4v) is 3.51. The van der Waals surface area contributed by atoms with Crippen LogP contribution in [0.25, 0.3) is 4.96 Å². The molecule has 1 unspecified atom stereocenters. The summed E-state index contributed by atoms with van der Waals surface area (Å²) in [5.74, 6) is 0.556. The van der Waals surface area contributed by atoms with E-state index in [1.54, 1.807) is 18.3 Å². The number of nitrogens with zero attached hydrogens (tertiary/aromatic N) is 4. The SMILES string of the molecule is CCC(N)Cc1c(Sc2nnc(C)o2)nc2sccn12. The molecule has 0 aliphatic carbocycles. The minimum Gasteiger partial charge on any atom is -0.416 e. The highest BCUT2D eigenvalue weighted by Crippen LogP contribution is 2.31. The lowest BCUT2D eigenvalue weighted by molar-refractivity contribution is 0.429. The third-order valence-corrected chi connectivity index (χ3v) is 4.61. The third kappa shape index (κ3) is 2.58. The number of imidazole rings is 1. The van der Waals surface area contributed by atoms with Crippen molar-refractivity contribution in [3.63, 3.8) is 0 Å². The normalized spacial score (nSPS) is 13.2. The quantitative estimate of drug-likeness (QED) is 0.780. The van der Waals surface area contributed by atoms with E-state index in [4.69, 9.17) is 10.2 Å². The maximum atomic E-state index is 6.09. The van der Waals surface area contributed by atoms with Crippen LogP contribution in [-0.2, 0) is 6.42 Å². The van der Waals surface area contributed by atoms with E-state index >= 15 is 0 Å². The van der Waals surface area contributed by atoms with Crippen LogP contribution in [-0.4, -0.2) is 25.6 Å². The van der Waals surface area contributed by atoms with Crippen molar-refractivity contribution in [1.82, 2.24) is 19.6 Å². The van der Waals surface area contributed by atoms with Crippen molar-refractivity contribution in [2.45, 2.75) is 43.0 Å². The van der Waals surface area contributed by atoms with E-state index in [0.717, 1.165) is 28.5 Å².